The van der Waals surface area contributed by atoms with Gasteiger partial charge >= 0.3 is 12.0 Å². The topological polar surface area (TPSA) is 87.7 Å². The summed E-state index contributed by atoms with van der Waals surface area (Å²) in [5.74, 6) is -0.571. The predicted molar refractivity (Wildman–Crippen MR) is 109 cm³/mol. The second-order valence-corrected chi connectivity index (χ2v) is 6.72. The van der Waals surface area contributed by atoms with Gasteiger partial charge in [0.05, 0.1) is 25.6 Å². The van der Waals surface area contributed by atoms with E-state index in [2.05, 4.69) is 10.6 Å². The molecule has 0 spiro atoms. The summed E-state index contributed by atoms with van der Waals surface area (Å²) in [6, 6.07) is 15.9. The second-order valence-electron chi connectivity index (χ2n) is 6.72. The number of esters is 1. The second kappa shape index (κ2) is 9.73. The first-order valence-corrected chi connectivity index (χ1v) is 9.71. The van der Waals surface area contributed by atoms with E-state index < -0.39 is 18.0 Å². The van der Waals surface area contributed by atoms with Crippen molar-refractivity contribution in [3.05, 3.63) is 65.7 Å². The molecule has 1 heterocycles. The first-order valence-electron chi connectivity index (χ1n) is 9.71. The van der Waals surface area contributed by atoms with E-state index in [0.717, 1.165) is 23.2 Å². The molecule has 2 aromatic carbocycles. The molecule has 0 saturated carbocycles. The Balaban J connectivity index is 1.57. The van der Waals surface area contributed by atoms with E-state index in [-0.39, 0.29) is 25.5 Å². The van der Waals surface area contributed by atoms with Crippen molar-refractivity contribution in [1.82, 2.24) is 10.6 Å². The molecule has 3 rings (SSSR count). The Hall–Kier alpha value is -3.35. The Labute approximate surface area is 170 Å². The fraction of sp³-hybridized carbons (Fsp3) is 0.318. The number of carbonyl (C=O) groups excluding carboxylic acids is 3. The summed E-state index contributed by atoms with van der Waals surface area (Å²) in [6.07, 6.45) is 0.822. The summed E-state index contributed by atoms with van der Waals surface area (Å²) < 4.78 is 5.00. The molecule has 0 radical (unpaired) electrons. The first-order chi connectivity index (χ1) is 14.1. The SMILES string of the molecule is CCOC(=O)C[C@H](NC(=O)NCC(=O)N1CCc2ccccc21)c1ccccc1. The number of hydrogen-bond donors (Lipinski definition) is 2. The molecule has 3 amide bonds. The molecule has 29 heavy (non-hydrogen) atoms. The highest BCUT2D eigenvalue weighted by molar-refractivity contribution is 5.98. The molecule has 0 bridgehead atoms. The standard InChI is InChI=1S/C22H25N3O4/c1-2-29-21(27)14-18(16-8-4-3-5-9-16)24-22(28)23-15-20(26)25-13-12-17-10-6-7-11-19(17)25/h3-11,18H,2,12-15H2,1H3,(H2,23,24,28)/t18-/m0/s1. The minimum absolute atomic E-state index is 0.0126. The number of ether oxygens (including phenoxy) is 1. The van der Waals surface area contributed by atoms with Crippen LogP contribution >= 0.6 is 0 Å². The van der Waals surface area contributed by atoms with Crippen LogP contribution in [0.15, 0.2) is 54.6 Å². The number of rotatable bonds is 7. The van der Waals surface area contributed by atoms with Crippen LogP contribution in [0.5, 0.6) is 0 Å². The molecule has 0 unspecified atom stereocenters. The Morgan fingerprint density at radius 2 is 1.79 bits per heavy atom. The third kappa shape index (κ3) is 5.34. The Bertz CT molecular complexity index is 869. The molecule has 1 atom stereocenters. The number of para-hydroxylation sites is 1. The number of anilines is 1. The molecule has 0 saturated heterocycles. The first kappa shape index (κ1) is 20.4. The molecule has 7 nitrogen and oxygen atoms in total. The van der Waals surface area contributed by atoms with Crippen LogP contribution in [0.4, 0.5) is 10.5 Å². The molecule has 0 aliphatic carbocycles. The van der Waals surface area contributed by atoms with Crippen LogP contribution in [0, 0.1) is 0 Å². The van der Waals surface area contributed by atoms with Gasteiger partial charge in [-0.05, 0) is 30.5 Å². The lowest BCUT2D eigenvalue weighted by atomic mass is 10.0. The maximum atomic E-state index is 12.5. The van der Waals surface area contributed by atoms with E-state index in [1.807, 2.05) is 54.6 Å². The molecular formula is C22H25N3O4. The molecule has 1 aliphatic heterocycles. The number of nitrogens with zero attached hydrogens (tertiary/aromatic N) is 1. The Morgan fingerprint density at radius 3 is 2.55 bits per heavy atom. The van der Waals surface area contributed by atoms with E-state index in [1.54, 1.807) is 11.8 Å². The summed E-state index contributed by atoms with van der Waals surface area (Å²) in [6.45, 7) is 2.49. The quantitative estimate of drug-likeness (QED) is 0.706. The number of amides is 3. The van der Waals surface area contributed by atoms with Crippen molar-refractivity contribution in [3.8, 4) is 0 Å². The summed E-state index contributed by atoms with van der Waals surface area (Å²) in [5.41, 5.74) is 2.81. The van der Waals surface area contributed by atoms with Gasteiger partial charge < -0.3 is 20.3 Å². The van der Waals surface area contributed by atoms with Crippen LogP contribution < -0.4 is 15.5 Å². The van der Waals surface area contributed by atoms with Crippen molar-refractivity contribution in [1.29, 1.82) is 0 Å². The summed E-state index contributed by atoms with van der Waals surface area (Å²) in [7, 11) is 0. The lowest BCUT2D eigenvalue weighted by Crippen LogP contribution is -2.44. The van der Waals surface area contributed by atoms with Crippen LogP contribution in [0.1, 0.15) is 30.5 Å². The van der Waals surface area contributed by atoms with Crippen molar-refractivity contribution < 1.29 is 19.1 Å². The molecule has 1 aliphatic rings. The third-order valence-electron chi connectivity index (χ3n) is 4.77. The zero-order valence-electron chi connectivity index (χ0n) is 16.4. The molecule has 7 heteroatoms. The van der Waals surface area contributed by atoms with Gasteiger partial charge in [0.25, 0.3) is 0 Å². The fourth-order valence-electron chi connectivity index (χ4n) is 3.38. The van der Waals surface area contributed by atoms with E-state index in [4.69, 9.17) is 4.74 Å². The predicted octanol–water partition coefficient (Wildman–Crippen LogP) is 2.57. The van der Waals surface area contributed by atoms with Gasteiger partial charge in [-0.25, -0.2) is 4.79 Å². The fourth-order valence-corrected chi connectivity index (χ4v) is 3.38. The molecule has 2 aromatic rings. The van der Waals surface area contributed by atoms with Gasteiger partial charge in [0.2, 0.25) is 5.91 Å². The molecule has 2 N–H and O–H groups in total. The van der Waals surface area contributed by atoms with Crippen LogP contribution in [0.25, 0.3) is 0 Å². The lowest BCUT2D eigenvalue weighted by molar-refractivity contribution is -0.143. The third-order valence-corrected chi connectivity index (χ3v) is 4.77. The number of hydrogen-bond acceptors (Lipinski definition) is 4. The Morgan fingerprint density at radius 1 is 1.07 bits per heavy atom. The van der Waals surface area contributed by atoms with Gasteiger partial charge in [0.1, 0.15) is 0 Å². The van der Waals surface area contributed by atoms with Gasteiger partial charge in [-0.2, -0.15) is 0 Å². The van der Waals surface area contributed by atoms with E-state index in [1.165, 1.54) is 0 Å². The van der Waals surface area contributed by atoms with Crippen molar-refractivity contribution in [2.24, 2.45) is 0 Å². The number of fused-ring (bicyclic) bond motifs is 1. The minimum atomic E-state index is -0.544. The van der Waals surface area contributed by atoms with Crippen LogP contribution in [0.3, 0.4) is 0 Å². The highest BCUT2D eigenvalue weighted by Gasteiger charge is 2.25. The zero-order chi connectivity index (χ0) is 20.6. The Kier molecular flexibility index (Phi) is 6.84. The van der Waals surface area contributed by atoms with Gasteiger partial charge in [-0.15, -0.1) is 0 Å². The average Bonchev–Trinajstić information content (AvgIpc) is 3.17. The van der Waals surface area contributed by atoms with Crippen molar-refractivity contribution in [3.63, 3.8) is 0 Å². The molecule has 0 aromatic heterocycles. The largest absolute Gasteiger partial charge is 0.466 e. The maximum Gasteiger partial charge on any atom is 0.315 e. The average molecular weight is 395 g/mol. The van der Waals surface area contributed by atoms with Crippen molar-refractivity contribution in [2.75, 3.05) is 24.6 Å². The number of carbonyl (C=O) groups is 3. The smallest absolute Gasteiger partial charge is 0.315 e. The number of benzene rings is 2. The minimum Gasteiger partial charge on any atom is -0.466 e. The van der Waals surface area contributed by atoms with Crippen molar-refractivity contribution >= 4 is 23.6 Å². The lowest BCUT2D eigenvalue weighted by Gasteiger charge is -2.20. The zero-order valence-corrected chi connectivity index (χ0v) is 16.4. The monoisotopic (exact) mass is 395 g/mol. The van der Waals surface area contributed by atoms with Gasteiger partial charge in [0, 0.05) is 12.2 Å². The normalized spacial score (nSPS) is 13.3. The number of urea groups is 1. The number of nitrogens with one attached hydrogen (secondary N) is 2. The van der Waals surface area contributed by atoms with E-state index in [9.17, 15) is 14.4 Å². The summed E-state index contributed by atoms with van der Waals surface area (Å²) >= 11 is 0. The van der Waals surface area contributed by atoms with Crippen LogP contribution in [-0.4, -0.2) is 37.6 Å². The maximum absolute atomic E-state index is 12.5. The van der Waals surface area contributed by atoms with E-state index in [0.29, 0.717) is 6.54 Å². The molecule has 152 valence electrons. The summed E-state index contributed by atoms with van der Waals surface area (Å²) in [4.78, 5) is 38.5. The molecular weight excluding hydrogens is 370 g/mol. The van der Waals surface area contributed by atoms with Gasteiger partial charge in [0.15, 0.2) is 0 Å². The highest BCUT2D eigenvalue weighted by atomic mass is 16.5. The van der Waals surface area contributed by atoms with Crippen LogP contribution in [-0.2, 0) is 20.7 Å². The van der Waals surface area contributed by atoms with Gasteiger partial charge in [-0.3, -0.25) is 9.59 Å². The van der Waals surface area contributed by atoms with Crippen LogP contribution in [0.2, 0.25) is 0 Å². The summed E-state index contributed by atoms with van der Waals surface area (Å²) in [5, 5.41) is 5.37. The highest BCUT2D eigenvalue weighted by Crippen LogP contribution is 2.27. The molecule has 0 fully saturated rings. The van der Waals surface area contributed by atoms with Gasteiger partial charge in [-0.1, -0.05) is 48.5 Å². The van der Waals surface area contributed by atoms with Crippen molar-refractivity contribution in [2.45, 2.75) is 25.8 Å². The van der Waals surface area contributed by atoms with E-state index >= 15 is 0 Å².